The molecule has 1 aromatic carbocycles. The number of rotatable bonds is 26. The van der Waals surface area contributed by atoms with Crippen LogP contribution in [0.25, 0.3) is 0 Å². The number of urea groups is 1. The monoisotopic (exact) mass is 992 g/mol. The van der Waals surface area contributed by atoms with E-state index in [-0.39, 0.29) is 106 Å². The molecule has 3 fully saturated rings. The van der Waals surface area contributed by atoms with E-state index < -0.39 is 42.5 Å². The van der Waals surface area contributed by atoms with E-state index in [1.807, 2.05) is 68.1 Å². The molecule has 0 spiro atoms. The SMILES string of the molecule is COC1/C=C/C(C)C2OC(O)(CC(=O)OC(c3ccccc3)CCCCC1OC)CC(OC(=O)COCCOCCNC(=O)COCCOCCCC(=O)CCCC[C@@H]1SC[C@@H]3NC(=O)N[C@@H]31)C2C. The molecule has 4 heterocycles. The van der Waals surface area contributed by atoms with Crippen molar-refractivity contribution in [1.82, 2.24) is 16.0 Å². The number of Topliss-reactive ketones (excluding diaryl/α,β-unsaturated/α-hetero) is 1. The van der Waals surface area contributed by atoms with Gasteiger partial charge in [0.25, 0.3) is 0 Å². The zero-order valence-electron chi connectivity index (χ0n) is 40.9. The fourth-order valence-electron chi connectivity index (χ4n) is 9.28. The quantitative estimate of drug-likeness (QED) is 0.0426. The second-order valence-corrected chi connectivity index (χ2v) is 19.7. The summed E-state index contributed by atoms with van der Waals surface area (Å²) in [5.74, 6) is -3.02. The summed E-state index contributed by atoms with van der Waals surface area (Å²) in [6.45, 7) is 5.07. The van der Waals surface area contributed by atoms with Crippen LogP contribution in [-0.2, 0) is 61.8 Å². The number of fused-ring (bicyclic) bond motifs is 3. The van der Waals surface area contributed by atoms with Crippen molar-refractivity contribution >= 4 is 41.4 Å². The van der Waals surface area contributed by atoms with Crippen molar-refractivity contribution in [2.45, 2.75) is 145 Å². The first kappa shape index (κ1) is 56.3. The Labute approximate surface area is 411 Å². The minimum Gasteiger partial charge on any atom is -0.460 e. The van der Waals surface area contributed by atoms with Crippen LogP contribution in [0.2, 0.25) is 0 Å². The van der Waals surface area contributed by atoms with E-state index in [0.717, 1.165) is 49.8 Å². The summed E-state index contributed by atoms with van der Waals surface area (Å²) in [6, 6.07) is 9.85. The van der Waals surface area contributed by atoms with Crippen molar-refractivity contribution in [2.75, 3.05) is 79.4 Å². The van der Waals surface area contributed by atoms with Crippen molar-refractivity contribution in [2.24, 2.45) is 11.8 Å². The van der Waals surface area contributed by atoms with E-state index in [4.69, 9.17) is 42.6 Å². The highest BCUT2D eigenvalue weighted by Gasteiger charge is 2.49. The number of nitrogens with one attached hydrogen (secondary N) is 3. The minimum absolute atomic E-state index is 0.0780. The Morgan fingerprint density at radius 1 is 0.841 bits per heavy atom. The summed E-state index contributed by atoms with van der Waals surface area (Å²) in [6.07, 6.45) is 8.15. The second-order valence-electron chi connectivity index (χ2n) is 18.4. The Hall–Kier alpha value is -3.66. The predicted octanol–water partition coefficient (Wildman–Crippen LogP) is 4.74. The van der Waals surface area contributed by atoms with Crippen LogP contribution >= 0.6 is 11.8 Å². The number of methoxy groups -OCH3 is 2. The summed E-state index contributed by atoms with van der Waals surface area (Å²) >= 11 is 1.89. The second kappa shape index (κ2) is 30.3. The van der Waals surface area contributed by atoms with Crippen LogP contribution in [-0.4, -0.2) is 162 Å². The highest BCUT2D eigenvalue weighted by molar-refractivity contribution is 8.00. The fourth-order valence-corrected chi connectivity index (χ4v) is 10.8. The number of benzene rings is 1. The molecule has 4 aliphatic heterocycles. The van der Waals surface area contributed by atoms with Crippen LogP contribution < -0.4 is 16.0 Å². The van der Waals surface area contributed by atoms with Crippen LogP contribution in [0, 0.1) is 11.8 Å². The number of hydrogen-bond donors (Lipinski definition) is 4. The number of ketones is 1. The summed E-state index contributed by atoms with van der Waals surface area (Å²) in [5, 5.41) is 20.9. The molecular weight excluding hydrogens is 915 g/mol. The van der Waals surface area contributed by atoms with Crippen molar-refractivity contribution < 1.29 is 71.7 Å². The van der Waals surface area contributed by atoms with Gasteiger partial charge in [-0.3, -0.25) is 14.4 Å². The molecule has 0 aromatic heterocycles. The van der Waals surface area contributed by atoms with Crippen LogP contribution in [0.3, 0.4) is 0 Å². The first-order valence-corrected chi connectivity index (χ1v) is 25.8. The lowest BCUT2D eigenvalue weighted by Gasteiger charge is -2.46. The molecule has 4 N–H and O–H groups in total. The summed E-state index contributed by atoms with van der Waals surface area (Å²) in [7, 11) is 3.30. The zero-order chi connectivity index (χ0) is 49.4. The molecule has 19 heteroatoms. The van der Waals surface area contributed by atoms with Gasteiger partial charge in [-0.1, -0.05) is 69.2 Å². The van der Waals surface area contributed by atoms with Crippen LogP contribution in [0.4, 0.5) is 4.79 Å². The molecule has 1 aromatic rings. The maximum atomic E-state index is 13.5. The maximum Gasteiger partial charge on any atom is 0.332 e. The number of thioether (sulfide) groups is 1. The smallest absolute Gasteiger partial charge is 0.332 e. The molecule has 0 saturated carbocycles. The first-order chi connectivity index (χ1) is 33.4. The molecule has 2 bridgehead atoms. The molecule has 8 unspecified atom stereocenters. The standard InChI is InChI=1S/C50H77N3O15S/c1-34-20-21-41(61-4)40(60-3)18-10-9-17-39(36-13-6-5-7-14-36)66-45(56)30-50(59)29-42(35(2)48(34)68-50)67-46(57)32-65-28-26-63-24-22-51-44(55)31-64-27-25-62-23-12-16-37(54)15-8-11-19-43-47-38(33-69-43)52-49(58)53-47/h5-7,13-14,20-21,34-35,38-43,47-48,59H,8-12,15-19,22-33H2,1-4H3,(H,51,55)(H2,52,53,58)/b21-20+/t34?,35?,38-,39?,40?,41?,42?,43-,47-,48?,50?/m0/s1. The molecule has 69 heavy (non-hydrogen) atoms. The average Bonchev–Trinajstić information content (AvgIpc) is 3.89. The Kier molecular flexibility index (Phi) is 24.7. The van der Waals surface area contributed by atoms with Gasteiger partial charge >= 0.3 is 18.0 Å². The van der Waals surface area contributed by atoms with E-state index in [1.54, 1.807) is 14.2 Å². The topological polar surface area (TPSA) is 225 Å². The van der Waals surface area contributed by atoms with Gasteiger partial charge in [-0.2, -0.15) is 11.8 Å². The molecular formula is C50H77N3O15S. The molecule has 0 radical (unpaired) electrons. The number of hydrogen-bond acceptors (Lipinski definition) is 16. The van der Waals surface area contributed by atoms with E-state index in [1.165, 1.54) is 0 Å². The van der Waals surface area contributed by atoms with Gasteiger partial charge in [-0.25, -0.2) is 9.59 Å². The van der Waals surface area contributed by atoms with Crippen LogP contribution in [0.5, 0.6) is 0 Å². The van der Waals surface area contributed by atoms with Crippen molar-refractivity contribution in [3.8, 4) is 0 Å². The van der Waals surface area contributed by atoms with Gasteiger partial charge < -0.3 is 63.7 Å². The maximum absolute atomic E-state index is 13.5. The zero-order valence-corrected chi connectivity index (χ0v) is 41.8. The van der Waals surface area contributed by atoms with E-state index in [2.05, 4.69) is 16.0 Å². The Morgan fingerprint density at radius 2 is 1.57 bits per heavy atom. The van der Waals surface area contributed by atoms with Gasteiger partial charge in [0.1, 0.15) is 37.3 Å². The number of cyclic esters (lactones) is 1. The first-order valence-electron chi connectivity index (χ1n) is 24.7. The van der Waals surface area contributed by atoms with Crippen molar-refractivity contribution in [3.05, 3.63) is 48.0 Å². The van der Waals surface area contributed by atoms with E-state index >= 15 is 0 Å². The highest BCUT2D eigenvalue weighted by atomic mass is 32.2. The van der Waals surface area contributed by atoms with Gasteiger partial charge in [0.2, 0.25) is 5.91 Å². The normalized spacial score (nSPS) is 30.1. The Balaban J connectivity index is 0.924. The lowest BCUT2D eigenvalue weighted by Crippen LogP contribution is -2.55. The van der Waals surface area contributed by atoms with E-state index in [9.17, 15) is 29.1 Å². The van der Waals surface area contributed by atoms with Gasteiger partial charge in [-0.15, -0.1) is 0 Å². The van der Waals surface area contributed by atoms with Crippen LogP contribution in [0.1, 0.15) is 103 Å². The third kappa shape index (κ3) is 19.5. The third-order valence-corrected chi connectivity index (χ3v) is 14.5. The molecule has 18 nitrogen and oxygen atoms in total. The number of aliphatic hydroxyl groups is 1. The highest BCUT2D eigenvalue weighted by Crippen LogP contribution is 2.40. The van der Waals surface area contributed by atoms with Gasteiger partial charge in [0, 0.05) is 69.5 Å². The summed E-state index contributed by atoms with van der Waals surface area (Å²) < 4.78 is 51.8. The number of ether oxygens (including phenoxy) is 9. The average molecular weight is 992 g/mol. The largest absolute Gasteiger partial charge is 0.460 e. The summed E-state index contributed by atoms with van der Waals surface area (Å²) in [4.78, 5) is 62.5. The molecule has 388 valence electrons. The predicted molar refractivity (Wildman–Crippen MR) is 256 cm³/mol. The van der Waals surface area contributed by atoms with Gasteiger partial charge in [0.15, 0.2) is 5.79 Å². The van der Waals surface area contributed by atoms with Crippen LogP contribution in [0.15, 0.2) is 42.5 Å². The Morgan fingerprint density at radius 3 is 2.33 bits per heavy atom. The van der Waals surface area contributed by atoms with Crippen molar-refractivity contribution in [1.29, 1.82) is 0 Å². The number of carbonyl (C=O) groups excluding carboxylic acids is 5. The minimum atomic E-state index is -1.97. The number of esters is 2. The molecule has 0 aliphatic carbocycles. The fraction of sp³-hybridized carbons (Fsp3) is 0.740. The molecule has 4 aliphatic rings. The molecule has 11 atom stereocenters. The molecule has 3 saturated heterocycles. The Bertz CT molecular complexity index is 1760. The van der Waals surface area contributed by atoms with Gasteiger partial charge in [-0.05, 0) is 44.1 Å². The number of amides is 3. The van der Waals surface area contributed by atoms with E-state index in [0.29, 0.717) is 44.1 Å². The third-order valence-electron chi connectivity index (χ3n) is 13.0. The lowest BCUT2D eigenvalue weighted by atomic mass is 9.81. The lowest BCUT2D eigenvalue weighted by molar-refractivity contribution is -0.297. The molecule has 5 rings (SSSR count). The molecule has 3 amide bonds. The van der Waals surface area contributed by atoms with Gasteiger partial charge in [0.05, 0.1) is 63.7 Å². The number of unbranched alkanes of at least 4 members (excludes halogenated alkanes) is 1. The summed E-state index contributed by atoms with van der Waals surface area (Å²) in [5.41, 5.74) is 0.851. The number of carbonyl (C=O) groups is 5. The van der Waals surface area contributed by atoms with Crippen molar-refractivity contribution in [3.63, 3.8) is 0 Å².